The highest BCUT2D eigenvalue weighted by atomic mass is 16.6. The number of carbonyl (C=O) groups excluding carboxylic acids is 2. The molecule has 2 atom stereocenters. The van der Waals surface area contributed by atoms with Gasteiger partial charge in [0.2, 0.25) is 5.91 Å². The lowest BCUT2D eigenvalue weighted by atomic mass is 9.80. The van der Waals surface area contributed by atoms with Gasteiger partial charge in [-0.25, -0.2) is 9.59 Å². The molecule has 2 heterocycles. The summed E-state index contributed by atoms with van der Waals surface area (Å²) in [6.07, 6.45) is 0.167. The first-order chi connectivity index (χ1) is 8.52. The third-order valence-corrected chi connectivity index (χ3v) is 3.37. The molecule has 2 fully saturated rings. The summed E-state index contributed by atoms with van der Waals surface area (Å²) in [5.74, 6) is -1.48. The van der Waals surface area contributed by atoms with Gasteiger partial charge in [-0.1, -0.05) is 0 Å². The van der Waals surface area contributed by atoms with E-state index in [1.807, 2.05) is 0 Å². The number of nitrogens with one attached hydrogen (secondary N) is 1. The highest BCUT2D eigenvalue weighted by Crippen LogP contribution is 2.29. The van der Waals surface area contributed by atoms with Crippen LogP contribution < -0.4 is 5.32 Å². The lowest BCUT2D eigenvalue weighted by Gasteiger charge is -2.42. The molecule has 2 rings (SSSR count). The van der Waals surface area contributed by atoms with Crippen molar-refractivity contribution in [1.82, 2.24) is 10.2 Å². The molecule has 2 aliphatic heterocycles. The van der Waals surface area contributed by atoms with Crippen LogP contribution in [0.15, 0.2) is 0 Å². The Labute approximate surface area is 104 Å². The summed E-state index contributed by atoms with van der Waals surface area (Å²) in [7, 11) is 0. The van der Waals surface area contributed by atoms with E-state index in [4.69, 9.17) is 9.84 Å². The minimum atomic E-state index is -0.999. The van der Waals surface area contributed by atoms with Gasteiger partial charge in [0.25, 0.3) is 0 Å². The van der Waals surface area contributed by atoms with Crippen LogP contribution in [0.1, 0.15) is 13.3 Å². The lowest BCUT2D eigenvalue weighted by Crippen LogP contribution is -2.63. The summed E-state index contributed by atoms with van der Waals surface area (Å²) in [4.78, 5) is 34.9. The maximum Gasteiger partial charge on any atom is 0.409 e. The van der Waals surface area contributed by atoms with Gasteiger partial charge in [0.1, 0.15) is 6.04 Å². The number of hydrogen-bond donors (Lipinski definition) is 2. The molecule has 2 aliphatic rings. The van der Waals surface area contributed by atoms with Crippen LogP contribution in [0.3, 0.4) is 0 Å². The molecular formula is C11H16N2O5. The minimum absolute atomic E-state index is 0.187. The Bertz CT molecular complexity index is 378. The fourth-order valence-corrected chi connectivity index (χ4v) is 2.33. The normalized spacial score (nSPS) is 26.9. The van der Waals surface area contributed by atoms with Crippen LogP contribution in [0, 0.1) is 11.8 Å². The molecule has 7 heteroatoms. The number of hydrogen-bond acceptors (Lipinski definition) is 4. The Balaban J connectivity index is 1.75. The van der Waals surface area contributed by atoms with Crippen molar-refractivity contribution in [3.05, 3.63) is 0 Å². The van der Waals surface area contributed by atoms with Crippen molar-refractivity contribution in [3.8, 4) is 0 Å². The van der Waals surface area contributed by atoms with E-state index < -0.39 is 17.9 Å². The van der Waals surface area contributed by atoms with Crippen molar-refractivity contribution in [2.45, 2.75) is 19.4 Å². The number of amides is 2. The Kier molecular flexibility index (Phi) is 3.40. The van der Waals surface area contributed by atoms with E-state index in [0.29, 0.717) is 26.1 Å². The highest BCUT2D eigenvalue weighted by molar-refractivity contribution is 5.96. The molecule has 0 aromatic heterocycles. The second-order valence-corrected chi connectivity index (χ2v) is 4.64. The van der Waals surface area contributed by atoms with Crippen molar-refractivity contribution < 1.29 is 24.2 Å². The van der Waals surface area contributed by atoms with Crippen LogP contribution >= 0.6 is 0 Å². The molecule has 0 aromatic carbocycles. The summed E-state index contributed by atoms with van der Waals surface area (Å²) in [5, 5.41) is 11.2. The number of aliphatic carboxylic acids is 1. The Morgan fingerprint density at radius 1 is 1.50 bits per heavy atom. The number of carbonyl (C=O) groups is 3. The first kappa shape index (κ1) is 12.7. The van der Waals surface area contributed by atoms with E-state index in [9.17, 15) is 14.4 Å². The van der Waals surface area contributed by atoms with Crippen LogP contribution in [0.25, 0.3) is 0 Å². The van der Waals surface area contributed by atoms with Crippen LogP contribution in [0.4, 0.5) is 4.79 Å². The number of carboxylic acids is 1. The average molecular weight is 256 g/mol. The number of ether oxygens (including phenoxy) is 1. The van der Waals surface area contributed by atoms with Gasteiger partial charge in [-0.05, 0) is 19.3 Å². The Morgan fingerprint density at radius 2 is 2.17 bits per heavy atom. The van der Waals surface area contributed by atoms with Gasteiger partial charge in [-0.3, -0.25) is 4.79 Å². The molecular weight excluding hydrogens is 240 g/mol. The standard InChI is InChI=1S/C11H16N2O5/c1-2-18-11(17)13-4-6(5-13)3-7-8(10(15)16)12-9(7)14/h6-8H,2-5H2,1H3,(H,12,14)(H,15,16). The summed E-state index contributed by atoms with van der Waals surface area (Å²) >= 11 is 0. The minimum Gasteiger partial charge on any atom is -0.480 e. The first-order valence-electron chi connectivity index (χ1n) is 5.97. The molecule has 2 N–H and O–H groups in total. The number of β-lactam (4-membered cyclic amide) rings is 1. The average Bonchev–Trinajstić information content (AvgIpc) is 2.23. The zero-order chi connectivity index (χ0) is 13.3. The van der Waals surface area contributed by atoms with Crippen LogP contribution in [0.5, 0.6) is 0 Å². The molecule has 100 valence electrons. The maximum absolute atomic E-state index is 11.3. The largest absolute Gasteiger partial charge is 0.480 e. The number of likely N-dealkylation sites (tertiary alicyclic amines) is 1. The van der Waals surface area contributed by atoms with Crippen molar-refractivity contribution in [2.24, 2.45) is 11.8 Å². The zero-order valence-corrected chi connectivity index (χ0v) is 10.1. The molecule has 0 aliphatic carbocycles. The van der Waals surface area contributed by atoms with E-state index in [1.54, 1.807) is 11.8 Å². The van der Waals surface area contributed by atoms with Crippen LogP contribution in [0.2, 0.25) is 0 Å². The van der Waals surface area contributed by atoms with Gasteiger partial charge >= 0.3 is 12.1 Å². The number of nitrogens with zero attached hydrogens (tertiary/aromatic N) is 1. The topological polar surface area (TPSA) is 95.9 Å². The van der Waals surface area contributed by atoms with E-state index in [2.05, 4.69) is 5.32 Å². The number of rotatable bonds is 4. The first-order valence-corrected chi connectivity index (χ1v) is 5.97. The summed E-state index contributed by atoms with van der Waals surface area (Å²) in [6, 6.07) is -0.769. The van der Waals surface area contributed by atoms with Gasteiger partial charge < -0.3 is 20.1 Å². The van der Waals surface area contributed by atoms with Gasteiger partial charge in [0, 0.05) is 13.1 Å². The Hall–Kier alpha value is -1.79. The van der Waals surface area contributed by atoms with Crippen molar-refractivity contribution in [3.63, 3.8) is 0 Å². The lowest BCUT2D eigenvalue weighted by molar-refractivity contribution is -0.154. The Morgan fingerprint density at radius 3 is 2.67 bits per heavy atom. The fraction of sp³-hybridized carbons (Fsp3) is 0.727. The maximum atomic E-state index is 11.3. The molecule has 2 amide bonds. The summed E-state index contributed by atoms with van der Waals surface area (Å²) in [5.41, 5.74) is 0. The van der Waals surface area contributed by atoms with Crippen LogP contribution in [-0.4, -0.2) is 53.7 Å². The predicted octanol–water partition coefficient (Wildman–Crippen LogP) is -0.336. The van der Waals surface area contributed by atoms with Gasteiger partial charge in [0.05, 0.1) is 12.5 Å². The predicted molar refractivity (Wildman–Crippen MR) is 59.8 cm³/mol. The molecule has 0 spiro atoms. The molecule has 18 heavy (non-hydrogen) atoms. The SMILES string of the molecule is CCOC(=O)N1CC(CC2C(=O)NC2C(=O)O)C1. The van der Waals surface area contributed by atoms with Gasteiger partial charge in [-0.15, -0.1) is 0 Å². The molecule has 7 nitrogen and oxygen atoms in total. The monoisotopic (exact) mass is 256 g/mol. The zero-order valence-electron chi connectivity index (χ0n) is 10.1. The fourth-order valence-electron chi connectivity index (χ4n) is 2.33. The van der Waals surface area contributed by atoms with Crippen LogP contribution in [-0.2, 0) is 14.3 Å². The molecule has 2 unspecified atom stereocenters. The van der Waals surface area contributed by atoms with E-state index >= 15 is 0 Å². The third-order valence-electron chi connectivity index (χ3n) is 3.37. The second kappa shape index (κ2) is 4.83. The van der Waals surface area contributed by atoms with Gasteiger partial charge in [0.15, 0.2) is 0 Å². The second-order valence-electron chi connectivity index (χ2n) is 4.64. The van der Waals surface area contributed by atoms with E-state index in [-0.39, 0.29) is 17.9 Å². The van der Waals surface area contributed by atoms with E-state index in [1.165, 1.54) is 0 Å². The van der Waals surface area contributed by atoms with E-state index in [0.717, 1.165) is 0 Å². The molecule has 2 saturated heterocycles. The summed E-state index contributed by atoms with van der Waals surface area (Å²) in [6.45, 7) is 3.15. The highest BCUT2D eigenvalue weighted by Gasteiger charge is 2.47. The molecule has 0 bridgehead atoms. The summed E-state index contributed by atoms with van der Waals surface area (Å²) < 4.78 is 4.83. The van der Waals surface area contributed by atoms with Crippen molar-refractivity contribution >= 4 is 18.0 Å². The van der Waals surface area contributed by atoms with Gasteiger partial charge in [-0.2, -0.15) is 0 Å². The van der Waals surface area contributed by atoms with Crippen molar-refractivity contribution in [2.75, 3.05) is 19.7 Å². The van der Waals surface area contributed by atoms with Crippen molar-refractivity contribution in [1.29, 1.82) is 0 Å². The molecule has 0 radical (unpaired) electrons. The smallest absolute Gasteiger partial charge is 0.409 e. The quantitative estimate of drug-likeness (QED) is 0.671. The molecule has 0 saturated carbocycles. The third kappa shape index (κ3) is 2.25. The number of carboxylic acid groups (broad SMARTS) is 1. The molecule has 0 aromatic rings.